The van der Waals surface area contributed by atoms with Crippen LogP contribution in [0.2, 0.25) is 0 Å². The summed E-state index contributed by atoms with van der Waals surface area (Å²) in [6.07, 6.45) is 0.323. The van der Waals surface area contributed by atoms with Crippen LogP contribution < -0.4 is 25.4 Å². The Kier molecular flexibility index (Phi) is 7.26. The van der Waals surface area contributed by atoms with Crippen LogP contribution in [-0.4, -0.2) is 38.6 Å². The summed E-state index contributed by atoms with van der Waals surface area (Å²) in [7, 11) is 1.78. The van der Waals surface area contributed by atoms with Gasteiger partial charge >= 0.3 is 0 Å². The number of nitrogens with one attached hydrogen (secondary N) is 3. The predicted octanol–water partition coefficient (Wildman–Crippen LogP) is 2.74. The number of thiophene rings is 1. The van der Waals surface area contributed by atoms with Crippen molar-refractivity contribution in [2.24, 2.45) is 0 Å². The second-order valence-corrected chi connectivity index (χ2v) is 6.32. The molecule has 2 aromatic rings. The summed E-state index contributed by atoms with van der Waals surface area (Å²) >= 11 is 1.35. The maximum atomic E-state index is 12.4. The van der Waals surface area contributed by atoms with Crippen LogP contribution in [0, 0.1) is 0 Å². The minimum atomic E-state index is -0.239. The SMILES string of the molecule is CNCCC(=O)Nc1cc2c(cc1NC(=O)c1cccs1)OCCO2.Cl. The first-order valence-corrected chi connectivity index (χ1v) is 8.78. The monoisotopic (exact) mass is 397 g/mol. The molecule has 0 fully saturated rings. The van der Waals surface area contributed by atoms with Crippen molar-refractivity contribution in [1.82, 2.24) is 5.32 Å². The third-order valence-electron chi connectivity index (χ3n) is 3.55. The molecule has 0 radical (unpaired) electrons. The smallest absolute Gasteiger partial charge is 0.265 e. The van der Waals surface area contributed by atoms with E-state index in [0.717, 1.165) is 0 Å². The van der Waals surface area contributed by atoms with E-state index >= 15 is 0 Å². The summed E-state index contributed by atoms with van der Waals surface area (Å²) in [4.78, 5) is 25.0. The third-order valence-corrected chi connectivity index (χ3v) is 4.42. The van der Waals surface area contributed by atoms with Crippen LogP contribution in [0.3, 0.4) is 0 Å². The van der Waals surface area contributed by atoms with E-state index in [0.29, 0.717) is 53.9 Å². The number of anilines is 2. The number of benzene rings is 1. The van der Waals surface area contributed by atoms with Crippen molar-refractivity contribution in [3.05, 3.63) is 34.5 Å². The van der Waals surface area contributed by atoms with Crippen LogP contribution in [0.5, 0.6) is 11.5 Å². The van der Waals surface area contributed by atoms with Crippen molar-refractivity contribution in [3.8, 4) is 11.5 Å². The highest BCUT2D eigenvalue weighted by Gasteiger charge is 2.19. The van der Waals surface area contributed by atoms with E-state index in [4.69, 9.17) is 9.47 Å². The van der Waals surface area contributed by atoms with Crippen LogP contribution in [0.1, 0.15) is 16.1 Å². The van der Waals surface area contributed by atoms with E-state index in [1.807, 2.05) is 11.4 Å². The van der Waals surface area contributed by atoms with Crippen molar-refractivity contribution >= 4 is 46.9 Å². The zero-order valence-electron chi connectivity index (χ0n) is 14.2. The standard InChI is InChI=1S/C17H19N3O4S.ClH/c1-18-5-4-16(21)19-11-9-13-14(24-7-6-23-13)10-12(11)20-17(22)15-3-2-8-25-15;/h2-3,8-10,18H,4-7H2,1H3,(H,19,21)(H,20,22);1H. The molecular formula is C17H20ClN3O4S. The molecule has 0 saturated carbocycles. The van der Waals surface area contributed by atoms with Gasteiger partial charge in [-0.1, -0.05) is 6.07 Å². The van der Waals surface area contributed by atoms with Crippen molar-refractivity contribution in [1.29, 1.82) is 0 Å². The molecular weight excluding hydrogens is 378 g/mol. The third kappa shape index (κ3) is 4.87. The van der Waals surface area contributed by atoms with Gasteiger partial charge in [-0.25, -0.2) is 0 Å². The number of fused-ring (bicyclic) bond motifs is 1. The van der Waals surface area contributed by atoms with Crippen molar-refractivity contribution in [2.45, 2.75) is 6.42 Å². The molecule has 0 atom stereocenters. The lowest BCUT2D eigenvalue weighted by atomic mass is 10.2. The zero-order valence-corrected chi connectivity index (χ0v) is 15.8. The molecule has 3 N–H and O–H groups in total. The number of halogens is 1. The van der Waals surface area contributed by atoms with Gasteiger partial charge in [-0.3, -0.25) is 9.59 Å². The van der Waals surface area contributed by atoms with E-state index in [9.17, 15) is 9.59 Å². The first-order valence-electron chi connectivity index (χ1n) is 7.90. The number of hydrogen-bond donors (Lipinski definition) is 3. The molecule has 2 heterocycles. The Morgan fingerprint density at radius 1 is 1.12 bits per heavy atom. The number of carbonyl (C=O) groups is 2. The second kappa shape index (κ2) is 9.42. The van der Waals surface area contributed by atoms with Crippen molar-refractivity contribution < 1.29 is 19.1 Å². The van der Waals surface area contributed by atoms with Crippen molar-refractivity contribution in [2.75, 3.05) is 37.4 Å². The Morgan fingerprint density at radius 3 is 2.35 bits per heavy atom. The Bertz CT molecular complexity index is 768. The highest BCUT2D eigenvalue weighted by molar-refractivity contribution is 7.12. The Balaban J connectivity index is 0.00000243. The lowest BCUT2D eigenvalue weighted by Gasteiger charge is -2.21. The molecule has 140 valence electrons. The highest BCUT2D eigenvalue weighted by atomic mass is 35.5. The van der Waals surface area contributed by atoms with Gasteiger partial charge in [-0.05, 0) is 18.5 Å². The summed E-state index contributed by atoms with van der Waals surface area (Å²) in [6, 6.07) is 6.90. The molecule has 0 unspecified atom stereocenters. The van der Waals surface area contributed by atoms with E-state index in [2.05, 4.69) is 16.0 Å². The molecule has 9 heteroatoms. The Morgan fingerprint density at radius 2 is 1.77 bits per heavy atom. The molecule has 1 aliphatic rings. The lowest BCUT2D eigenvalue weighted by molar-refractivity contribution is -0.116. The second-order valence-electron chi connectivity index (χ2n) is 5.37. The molecule has 1 aromatic heterocycles. The Hall–Kier alpha value is -2.29. The van der Waals surface area contributed by atoms with E-state index in [1.165, 1.54) is 11.3 Å². The normalized spacial score (nSPS) is 12.0. The number of ether oxygens (including phenoxy) is 2. The van der Waals surface area contributed by atoms with Gasteiger partial charge in [0.25, 0.3) is 5.91 Å². The number of amides is 2. The molecule has 2 amide bonds. The van der Waals surface area contributed by atoms with Gasteiger partial charge in [0.2, 0.25) is 5.91 Å². The molecule has 1 aliphatic heterocycles. The van der Waals surface area contributed by atoms with Gasteiger partial charge in [0.1, 0.15) is 13.2 Å². The zero-order chi connectivity index (χ0) is 17.6. The first kappa shape index (κ1) is 20.0. The quantitative estimate of drug-likeness (QED) is 0.697. The highest BCUT2D eigenvalue weighted by Crippen LogP contribution is 2.38. The van der Waals surface area contributed by atoms with Gasteiger partial charge in [0, 0.05) is 25.1 Å². The predicted molar refractivity (Wildman–Crippen MR) is 104 cm³/mol. The molecule has 0 saturated heterocycles. The van der Waals surface area contributed by atoms with Gasteiger partial charge in [-0.15, -0.1) is 23.7 Å². The van der Waals surface area contributed by atoms with Crippen LogP contribution in [0.4, 0.5) is 11.4 Å². The molecule has 26 heavy (non-hydrogen) atoms. The van der Waals surface area contributed by atoms with E-state index in [1.54, 1.807) is 25.2 Å². The summed E-state index contributed by atoms with van der Waals surface area (Å²) in [6.45, 7) is 1.45. The van der Waals surface area contributed by atoms with Crippen LogP contribution in [0.25, 0.3) is 0 Å². The average molecular weight is 398 g/mol. The first-order chi connectivity index (χ1) is 12.2. The fourth-order valence-electron chi connectivity index (χ4n) is 2.34. The molecule has 0 spiro atoms. The molecule has 0 aliphatic carbocycles. The maximum Gasteiger partial charge on any atom is 0.265 e. The van der Waals surface area contributed by atoms with E-state index in [-0.39, 0.29) is 24.2 Å². The summed E-state index contributed by atoms with van der Waals surface area (Å²) in [5, 5.41) is 10.4. The molecule has 7 nitrogen and oxygen atoms in total. The van der Waals surface area contributed by atoms with Crippen LogP contribution in [0.15, 0.2) is 29.6 Å². The van der Waals surface area contributed by atoms with Crippen molar-refractivity contribution in [3.63, 3.8) is 0 Å². The van der Waals surface area contributed by atoms with E-state index < -0.39 is 0 Å². The number of carbonyl (C=O) groups excluding carboxylic acids is 2. The van der Waals surface area contributed by atoms with Gasteiger partial charge in [-0.2, -0.15) is 0 Å². The maximum absolute atomic E-state index is 12.4. The fraction of sp³-hybridized carbons (Fsp3) is 0.294. The Labute approximate surface area is 161 Å². The lowest BCUT2D eigenvalue weighted by Crippen LogP contribution is -2.21. The largest absolute Gasteiger partial charge is 0.486 e. The van der Waals surface area contributed by atoms with Gasteiger partial charge in [0.15, 0.2) is 11.5 Å². The van der Waals surface area contributed by atoms with Gasteiger partial charge in [0.05, 0.1) is 16.3 Å². The number of hydrogen-bond acceptors (Lipinski definition) is 6. The minimum Gasteiger partial charge on any atom is -0.486 e. The molecule has 3 rings (SSSR count). The summed E-state index contributed by atoms with van der Waals surface area (Å²) in [5.74, 6) is 0.695. The van der Waals surface area contributed by atoms with Gasteiger partial charge < -0.3 is 25.4 Å². The summed E-state index contributed by atoms with van der Waals surface area (Å²) in [5.41, 5.74) is 0.954. The number of rotatable bonds is 6. The summed E-state index contributed by atoms with van der Waals surface area (Å²) < 4.78 is 11.1. The topological polar surface area (TPSA) is 88.7 Å². The average Bonchev–Trinajstić information content (AvgIpc) is 3.15. The van der Waals surface area contributed by atoms with Crippen LogP contribution in [-0.2, 0) is 4.79 Å². The molecule has 1 aromatic carbocycles. The molecule has 0 bridgehead atoms. The minimum absolute atomic E-state index is 0. The fourth-order valence-corrected chi connectivity index (χ4v) is 2.96. The van der Waals surface area contributed by atoms with Crippen LogP contribution >= 0.6 is 23.7 Å².